The van der Waals surface area contributed by atoms with Crippen molar-refractivity contribution in [3.63, 3.8) is 0 Å². The molecule has 2 amide bonds. The Morgan fingerprint density at radius 2 is 1.17 bits per heavy atom. The summed E-state index contributed by atoms with van der Waals surface area (Å²) in [6, 6.07) is 20.7. The highest BCUT2D eigenvalue weighted by atomic mass is 16.5. The summed E-state index contributed by atoms with van der Waals surface area (Å²) in [6.45, 7) is 22.1. The van der Waals surface area contributed by atoms with Gasteiger partial charge in [-0.25, -0.2) is 10.0 Å². The summed E-state index contributed by atoms with van der Waals surface area (Å²) in [6.07, 6.45) is 5.63. The van der Waals surface area contributed by atoms with Crippen LogP contribution in [0.1, 0.15) is 132 Å². The molecule has 5 aliphatic rings. The van der Waals surface area contributed by atoms with Gasteiger partial charge in [-0.05, 0) is 37.8 Å². The van der Waals surface area contributed by atoms with Crippen LogP contribution >= 0.6 is 0 Å². The van der Waals surface area contributed by atoms with Crippen molar-refractivity contribution in [2.24, 2.45) is 38.3 Å². The second-order valence-electron chi connectivity index (χ2n) is 20.4. The van der Waals surface area contributed by atoms with Gasteiger partial charge in [0.05, 0.1) is 27.1 Å². The molecule has 0 bridgehead atoms. The van der Waals surface area contributed by atoms with Crippen molar-refractivity contribution in [3.8, 4) is 0 Å². The monoisotopic (exact) mass is 1000 g/mol. The van der Waals surface area contributed by atoms with Gasteiger partial charge < -0.3 is 14.8 Å². The number of carbonyl (C=O) groups excluding carboxylic acids is 7. The first-order valence-corrected chi connectivity index (χ1v) is 25.1. The summed E-state index contributed by atoms with van der Waals surface area (Å²) in [7, 11) is 6.18. The van der Waals surface area contributed by atoms with Crippen LogP contribution in [0.3, 0.4) is 0 Å². The number of esters is 2. The van der Waals surface area contributed by atoms with E-state index in [1.807, 2.05) is 52.0 Å². The predicted octanol–water partition coefficient (Wildman–Crippen LogP) is 7.77. The van der Waals surface area contributed by atoms with E-state index >= 15 is 0 Å². The lowest BCUT2D eigenvalue weighted by Gasteiger charge is -2.44. The fraction of sp³-hybridized carbons (Fsp3) is 0.625. The molecule has 2 aromatic carbocycles. The third-order valence-corrected chi connectivity index (χ3v) is 14.2. The standard InChI is InChI=1S/C16H21N3O.C16H21NO3.C9H15N3O.C8H14O3.C6H12O.CH4/c1-16-10-15(20)18(2)17-14(16)8-9-19(12-16)11-13-6-4-3-5-7-13;1-16(10-15(19)20-2)12-17(9-8-14(16)18)11-13-6-4-3-5-7-13;1-9-5-8(13)12(2)11-7(9)3-4-10-6-9;1-4-7(6(2)9)5-8(10)11-3;1-4-5(2)6(3)7;/h2*3-7H,8-12H2,1-2H3;10H,3-6H2,1-2H3;7H,4-5H2,1-3H3;5H,4H2,1-3H3;1H4. The maximum atomic E-state index is 12.1. The van der Waals surface area contributed by atoms with Crippen LogP contribution in [0.5, 0.6) is 0 Å². The molecule has 5 aliphatic heterocycles. The van der Waals surface area contributed by atoms with Gasteiger partial charge in [0.25, 0.3) is 0 Å². The molecule has 0 radical (unpaired) electrons. The smallest absolute Gasteiger partial charge is 0.306 e. The van der Waals surface area contributed by atoms with E-state index in [2.05, 4.69) is 80.3 Å². The number of fused-ring (bicyclic) bond motifs is 2. The summed E-state index contributed by atoms with van der Waals surface area (Å²) < 4.78 is 9.15. The zero-order valence-corrected chi connectivity index (χ0v) is 44.8. The molecule has 3 saturated heterocycles. The van der Waals surface area contributed by atoms with Crippen molar-refractivity contribution in [2.45, 2.75) is 134 Å². The lowest BCUT2D eigenvalue weighted by atomic mass is 9.76. The number of carbonyl (C=O) groups is 7. The third-order valence-electron chi connectivity index (χ3n) is 14.2. The number of rotatable bonds is 12. The van der Waals surface area contributed by atoms with Gasteiger partial charge in [0.2, 0.25) is 11.8 Å². The van der Waals surface area contributed by atoms with Crippen molar-refractivity contribution < 1.29 is 43.0 Å². The lowest BCUT2D eigenvalue weighted by molar-refractivity contribution is -0.149. The van der Waals surface area contributed by atoms with Crippen LogP contribution in [-0.2, 0) is 56.1 Å². The van der Waals surface area contributed by atoms with E-state index in [1.54, 1.807) is 21.0 Å². The second-order valence-corrected chi connectivity index (χ2v) is 20.4. The highest BCUT2D eigenvalue weighted by molar-refractivity contribution is 5.99. The number of benzene rings is 2. The zero-order valence-electron chi connectivity index (χ0n) is 44.8. The van der Waals surface area contributed by atoms with Crippen molar-refractivity contribution in [1.29, 1.82) is 0 Å². The molecule has 400 valence electrons. The summed E-state index contributed by atoms with van der Waals surface area (Å²) >= 11 is 0. The normalized spacial score (nSPS) is 23.5. The van der Waals surface area contributed by atoms with Gasteiger partial charge in [-0.2, -0.15) is 10.2 Å². The van der Waals surface area contributed by atoms with Gasteiger partial charge >= 0.3 is 11.9 Å². The summed E-state index contributed by atoms with van der Waals surface area (Å²) in [4.78, 5) is 83.6. The van der Waals surface area contributed by atoms with Crippen molar-refractivity contribution in [2.75, 3.05) is 67.6 Å². The number of amides is 2. The van der Waals surface area contributed by atoms with E-state index in [9.17, 15) is 33.6 Å². The minimum atomic E-state index is -0.625. The number of piperidine rings is 3. The van der Waals surface area contributed by atoms with Crippen molar-refractivity contribution in [3.05, 3.63) is 71.8 Å². The number of ketones is 3. The molecule has 7 rings (SSSR count). The van der Waals surface area contributed by atoms with Crippen LogP contribution in [-0.4, -0.2) is 140 Å². The van der Waals surface area contributed by atoms with Crippen LogP contribution in [0.15, 0.2) is 70.9 Å². The van der Waals surface area contributed by atoms with Crippen LogP contribution < -0.4 is 5.32 Å². The van der Waals surface area contributed by atoms with Crippen LogP contribution in [0.2, 0.25) is 0 Å². The molecule has 3 fully saturated rings. The molecule has 2 aromatic rings. The third kappa shape index (κ3) is 19.5. The van der Waals surface area contributed by atoms with Gasteiger partial charge in [0, 0.05) is 138 Å². The molecule has 5 heterocycles. The molecule has 16 heteroatoms. The largest absolute Gasteiger partial charge is 0.469 e. The molecule has 0 aliphatic carbocycles. The van der Waals surface area contributed by atoms with Gasteiger partial charge in [0.15, 0.2) is 0 Å². The van der Waals surface area contributed by atoms with E-state index in [4.69, 9.17) is 4.74 Å². The van der Waals surface area contributed by atoms with Gasteiger partial charge in [-0.15, -0.1) is 0 Å². The first kappa shape index (κ1) is 62.7. The average Bonchev–Trinajstić information content (AvgIpc) is 3.33. The van der Waals surface area contributed by atoms with Crippen molar-refractivity contribution in [1.82, 2.24) is 25.1 Å². The number of methoxy groups -OCH3 is 2. The van der Waals surface area contributed by atoms with Gasteiger partial charge in [-0.3, -0.25) is 43.4 Å². The fourth-order valence-electron chi connectivity index (χ4n) is 9.11. The Balaban J connectivity index is 0.000000321. The highest BCUT2D eigenvalue weighted by Gasteiger charge is 2.43. The number of hydrazone groups is 2. The number of hydrogen-bond donors (Lipinski definition) is 1. The number of nitrogens with zero attached hydrogens (tertiary/aromatic N) is 6. The lowest BCUT2D eigenvalue weighted by Crippen LogP contribution is -2.52. The first-order valence-electron chi connectivity index (χ1n) is 25.1. The minimum Gasteiger partial charge on any atom is -0.469 e. The quantitative estimate of drug-likeness (QED) is 0.204. The number of hydrogen-bond acceptors (Lipinski definition) is 14. The van der Waals surface area contributed by atoms with Crippen molar-refractivity contribution >= 4 is 52.5 Å². The van der Waals surface area contributed by atoms with E-state index in [0.29, 0.717) is 38.0 Å². The fourth-order valence-corrected chi connectivity index (χ4v) is 9.11. The molecule has 0 spiro atoms. The Kier molecular flexibility index (Phi) is 26.0. The molecule has 1 N–H and O–H groups in total. The molecule has 16 nitrogen and oxygen atoms in total. The summed E-state index contributed by atoms with van der Waals surface area (Å²) in [5.74, 6) is 0.220. The van der Waals surface area contributed by atoms with Gasteiger partial charge in [-0.1, -0.05) is 110 Å². The van der Waals surface area contributed by atoms with E-state index in [1.165, 1.54) is 53.7 Å². The topological polar surface area (TPSA) is 188 Å². The Bertz CT molecular complexity index is 2170. The number of ether oxygens (including phenoxy) is 2. The van der Waals surface area contributed by atoms with Crippen LogP contribution in [0.4, 0.5) is 0 Å². The predicted molar refractivity (Wildman–Crippen MR) is 284 cm³/mol. The number of likely N-dealkylation sites (tertiary alicyclic amines) is 2. The molecular formula is C56H87N7O9. The van der Waals surface area contributed by atoms with E-state index in [0.717, 1.165) is 65.1 Å². The van der Waals surface area contributed by atoms with Gasteiger partial charge in [0.1, 0.15) is 17.3 Å². The molecule has 72 heavy (non-hydrogen) atoms. The van der Waals surface area contributed by atoms with E-state index in [-0.39, 0.29) is 78.3 Å². The summed E-state index contributed by atoms with van der Waals surface area (Å²) in [5, 5.41) is 15.1. The highest BCUT2D eigenvalue weighted by Crippen LogP contribution is 2.36. The minimum absolute atomic E-state index is 0. The molecule has 5 unspecified atom stereocenters. The number of nitrogens with one attached hydrogen (secondary N) is 1. The Hall–Kier alpha value is -5.45. The van der Waals surface area contributed by atoms with E-state index < -0.39 is 5.41 Å². The average molecular weight is 1000 g/mol. The Labute approximate surface area is 430 Å². The zero-order chi connectivity index (χ0) is 52.9. The molecular weight excluding hydrogens is 915 g/mol. The van der Waals surface area contributed by atoms with Crippen LogP contribution in [0, 0.1) is 28.1 Å². The first-order chi connectivity index (χ1) is 33.5. The van der Waals surface area contributed by atoms with Crippen LogP contribution in [0.25, 0.3) is 0 Å². The maximum absolute atomic E-state index is 12.1. The number of Topliss-reactive ketones (excluding diaryl/α,β-unsaturated/α-hetero) is 3. The molecule has 0 aromatic heterocycles. The SMILES string of the molecule is C.CCC(C)C(C)=O.CCC(CC(=O)OC)C(C)=O.CN1N=C2CCN(Cc3ccccc3)CC2(C)CC1=O.CN1N=C2CCNCC2(C)CC1=O.COC(=O)CC1(C)CN(Cc2ccccc2)CCC1=O. The molecule has 5 atom stereocenters. The summed E-state index contributed by atoms with van der Waals surface area (Å²) in [5.41, 5.74) is 4.17. The molecule has 0 saturated carbocycles. The Morgan fingerprint density at radius 3 is 1.62 bits per heavy atom. The second kappa shape index (κ2) is 29.9. The maximum Gasteiger partial charge on any atom is 0.306 e. The Morgan fingerprint density at radius 1 is 0.681 bits per heavy atom.